The minimum Gasteiger partial charge on any atom is -0.508 e. The molecule has 3 rings (SSSR count). The second kappa shape index (κ2) is 5.80. The third-order valence-corrected chi connectivity index (χ3v) is 3.55. The lowest BCUT2D eigenvalue weighted by Gasteiger charge is -2.23. The van der Waals surface area contributed by atoms with Gasteiger partial charge in [-0.3, -0.25) is 0 Å². The van der Waals surface area contributed by atoms with Gasteiger partial charge in [0, 0.05) is 13.1 Å². The van der Waals surface area contributed by atoms with E-state index in [1.54, 1.807) is 18.2 Å². The van der Waals surface area contributed by atoms with Gasteiger partial charge in [0.25, 0.3) is 0 Å². The van der Waals surface area contributed by atoms with Crippen LogP contribution in [0.15, 0.2) is 36.4 Å². The van der Waals surface area contributed by atoms with Crippen LogP contribution in [0, 0.1) is 17.2 Å². The topological polar surface area (TPSA) is 73.0 Å². The van der Waals surface area contributed by atoms with E-state index in [2.05, 4.69) is 15.1 Å². The molecule has 2 aromatic rings. The molecule has 5 heteroatoms. The lowest BCUT2D eigenvalue weighted by Crippen LogP contribution is -2.26. The molecule has 5 nitrogen and oxygen atoms in total. The van der Waals surface area contributed by atoms with Crippen molar-refractivity contribution in [1.82, 2.24) is 10.2 Å². The summed E-state index contributed by atoms with van der Waals surface area (Å²) < 4.78 is 0. The summed E-state index contributed by atoms with van der Waals surface area (Å²) in [5.74, 6) is 1.74. The van der Waals surface area contributed by atoms with Crippen LogP contribution in [-0.4, -0.2) is 21.8 Å². The summed E-state index contributed by atoms with van der Waals surface area (Å²) in [6, 6.07) is 12.7. The highest BCUT2D eigenvalue weighted by Gasteiger charge is 2.25. The molecule has 0 saturated heterocycles. The second-order valence-corrected chi connectivity index (χ2v) is 5.38. The Labute approximate surface area is 123 Å². The molecular weight excluding hydrogens is 264 g/mol. The number of nitrogens with zero attached hydrogens (tertiary/aromatic N) is 4. The Morgan fingerprint density at radius 2 is 2.10 bits per heavy atom. The van der Waals surface area contributed by atoms with Crippen LogP contribution in [0.25, 0.3) is 0 Å². The molecule has 21 heavy (non-hydrogen) atoms. The molecule has 1 aliphatic carbocycles. The zero-order chi connectivity index (χ0) is 14.7. The van der Waals surface area contributed by atoms with E-state index in [-0.39, 0.29) is 5.75 Å². The summed E-state index contributed by atoms with van der Waals surface area (Å²) in [5.41, 5.74) is 1.35. The molecule has 0 atom stereocenters. The molecule has 1 N–H and O–H groups in total. The van der Waals surface area contributed by atoms with E-state index in [4.69, 9.17) is 5.26 Å². The van der Waals surface area contributed by atoms with Gasteiger partial charge < -0.3 is 10.0 Å². The number of aromatic hydroxyl groups is 1. The summed E-state index contributed by atoms with van der Waals surface area (Å²) in [6.45, 7) is 1.60. The van der Waals surface area contributed by atoms with Gasteiger partial charge in [0.2, 0.25) is 0 Å². The van der Waals surface area contributed by atoms with E-state index in [9.17, 15) is 5.11 Å². The lowest BCUT2D eigenvalue weighted by molar-refractivity contribution is 0.474. The third kappa shape index (κ3) is 3.48. The molecule has 1 heterocycles. The van der Waals surface area contributed by atoms with E-state index in [0.717, 1.165) is 17.9 Å². The molecule has 1 aromatic carbocycles. The second-order valence-electron chi connectivity index (χ2n) is 5.38. The first-order valence-corrected chi connectivity index (χ1v) is 7.01. The highest BCUT2D eigenvalue weighted by molar-refractivity contribution is 5.41. The summed E-state index contributed by atoms with van der Waals surface area (Å²) >= 11 is 0. The Morgan fingerprint density at radius 3 is 2.71 bits per heavy atom. The number of phenols is 1. The Bertz CT molecular complexity index is 659. The fourth-order valence-electron chi connectivity index (χ4n) is 2.28. The molecule has 1 aliphatic rings. The largest absolute Gasteiger partial charge is 0.508 e. The first kappa shape index (κ1) is 13.4. The summed E-state index contributed by atoms with van der Waals surface area (Å²) in [5, 5.41) is 26.4. The normalized spacial score (nSPS) is 13.7. The van der Waals surface area contributed by atoms with Crippen molar-refractivity contribution in [2.45, 2.75) is 19.4 Å². The van der Waals surface area contributed by atoms with Crippen LogP contribution in [-0.2, 0) is 6.54 Å². The van der Waals surface area contributed by atoms with Crippen molar-refractivity contribution in [1.29, 1.82) is 5.26 Å². The highest BCUT2D eigenvalue weighted by Crippen LogP contribution is 2.31. The SMILES string of the molecule is N#Cc1ccc(N(Cc2cccc(O)c2)CC2CC2)nn1. The first-order valence-electron chi connectivity index (χ1n) is 7.01. The van der Waals surface area contributed by atoms with Crippen LogP contribution in [0.1, 0.15) is 24.1 Å². The van der Waals surface area contributed by atoms with Gasteiger partial charge in [-0.15, -0.1) is 10.2 Å². The quantitative estimate of drug-likeness (QED) is 0.910. The average molecular weight is 280 g/mol. The summed E-state index contributed by atoms with van der Waals surface area (Å²) in [6.07, 6.45) is 2.50. The molecule has 0 unspecified atom stereocenters. The van der Waals surface area contributed by atoms with Gasteiger partial charge >= 0.3 is 0 Å². The number of hydrogen-bond donors (Lipinski definition) is 1. The van der Waals surface area contributed by atoms with Crippen molar-refractivity contribution >= 4 is 5.82 Å². The predicted octanol–water partition coefficient (Wildman–Crippen LogP) is 2.47. The fourth-order valence-corrected chi connectivity index (χ4v) is 2.28. The molecule has 0 bridgehead atoms. The molecule has 0 aliphatic heterocycles. The van der Waals surface area contributed by atoms with Crippen LogP contribution in [0.3, 0.4) is 0 Å². The number of benzene rings is 1. The molecule has 0 spiro atoms. The number of nitriles is 1. The Balaban J connectivity index is 1.81. The maximum atomic E-state index is 9.58. The Kier molecular flexibility index (Phi) is 3.69. The summed E-state index contributed by atoms with van der Waals surface area (Å²) in [7, 11) is 0. The number of phenolic OH excluding ortho intramolecular Hbond substituents is 1. The predicted molar refractivity (Wildman–Crippen MR) is 78.6 cm³/mol. The van der Waals surface area contributed by atoms with Crippen molar-refractivity contribution in [2.24, 2.45) is 5.92 Å². The van der Waals surface area contributed by atoms with Crippen LogP contribution in [0.4, 0.5) is 5.82 Å². The third-order valence-electron chi connectivity index (χ3n) is 3.55. The zero-order valence-corrected chi connectivity index (χ0v) is 11.6. The average Bonchev–Trinajstić information content (AvgIpc) is 3.31. The van der Waals surface area contributed by atoms with Gasteiger partial charge in [0.1, 0.15) is 11.8 Å². The van der Waals surface area contributed by atoms with Gasteiger partial charge in [-0.25, -0.2) is 0 Å². The molecule has 1 saturated carbocycles. The van der Waals surface area contributed by atoms with Gasteiger partial charge in [0.05, 0.1) is 0 Å². The van der Waals surface area contributed by atoms with Gasteiger partial charge in [0.15, 0.2) is 11.5 Å². The molecule has 1 fully saturated rings. The van der Waals surface area contributed by atoms with E-state index in [0.29, 0.717) is 18.2 Å². The standard InChI is InChI=1S/C16H16N4O/c17-9-14-6-7-16(19-18-14)20(10-12-4-5-12)11-13-2-1-3-15(21)8-13/h1-3,6-8,12,21H,4-5,10-11H2. The lowest BCUT2D eigenvalue weighted by atomic mass is 10.2. The van der Waals surface area contributed by atoms with Crippen LogP contribution in [0.5, 0.6) is 5.75 Å². The van der Waals surface area contributed by atoms with Crippen molar-refractivity contribution in [3.8, 4) is 11.8 Å². The monoisotopic (exact) mass is 280 g/mol. The van der Waals surface area contributed by atoms with Gasteiger partial charge in [-0.2, -0.15) is 5.26 Å². The minimum atomic E-state index is 0.268. The van der Waals surface area contributed by atoms with E-state index in [1.807, 2.05) is 24.3 Å². The van der Waals surface area contributed by atoms with Crippen LogP contribution < -0.4 is 4.90 Å². The van der Waals surface area contributed by atoms with E-state index < -0.39 is 0 Å². The molecular formula is C16H16N4O. The first-order chi connectivity index (χ1) is 10.2. The fraction of sp³-hybridized carbons (Fsp3) is 0.312. The van der Waals surface area contributed by atoms with E-state index >= 15 is 0 Å². The highest BCUT2D eigenvalue weighted by atomic mass is 16.3. The summed E-state index contributed by atoms with van der Waals surface area (Å²) in [4.78, 5) is 2.15. The van der Waals surface area contributed by atoms with Crippen LogP contribution in [0.2, 0.25) is 0 Å². The van der Waals surface area contributed by atoms with Crippen molar-refractivity contribution in [3.05, 3.63) is 47.7 Å². The van der Waals surface area contributed by atoms with Gasteiger partial charge in [-0.1, -0.05) is 12.1 Å². The van der Waals surface area contributed by atoms with E-state index in [1.165, 1.54) is 12.8 Å². The Hall–Kier alpha value is -2.61. The number of aromatic nitrogens is 2. The molecule has 1 aromatic heterocycles. The molecule has 0 amide bonds. The minimum absolute atomic E-state index is 0.268. The maximum absolute atomic E-state index is 9.58. The number of anilines is 1. The number of rotatable bonds is 5. The molecule has 106 valence electrons. The Morgan fingerprint density at radius 1 is 1.24 bits per heavy atom. The van der Waals surface area contributed by atoms with Crippen molar-refractivity contribution < 1.29 is 5.11 Å². The van der Waals surface area contributed by atoms with Crippen molar-refractivity contribution in [3.63, 3.8) is 0 Å². The number of hydrogen-bond acceptors (Lipinski definition) is 5. The van der Waals surface area contributed by atoms with Crippen molar-refractivity contribution in [2.75, 3.05) is 11.4 Å². The van der Waals surface area contributed by atoms with Gasteiger partial charge in [-0.05, 0) is 48.6 Å². The maximum Gasteiger partial charge on any atom is 0.163 e. The van der Waals surface area contributed by atoms with Crippen LogP contribution >= 0.6 is 0 Å². The molecule has 0 radical (unpaired) electrons. The zero-order valence-electron chi connectivity index (χ0n) is 11.6. The smallest absolute Gasteiger partial charge is 0.163 e.